The number of hydrogen-bond acceptors (Lipinski definition) is 8. The maximum Gasteiger partial charge on any atom is 0.407 e. The van der Waals surface area contributed by atoms with E-state index in [4.69, 9.17) is 19.4 Å². The molecule has 2 aliphatic heterocycles. The number of benzene rings is 1. The van der Waals surface area contributed by atoms with Crippen molar-refractivity contribution < 1.29 is 19.1 Å². The van der Waals surface area contributed by atoms with Gasteiger partial charge in [-0.25, -0.2) is 9.78 Å². The molecule has 1 aromatic carbocycles. The average molecular weight is 565 g/mol. The number of morpholine rings is 1. The van der Waals surface area contributed by atoms with E-state index in [1.54, 1.807) is 0 Å². The molecule has 3 heterocycles. The van der Waals surface area contributed by atoms with Crippen LogP contribution >= 0.6 is 0 Å². The maximum absolute atomic E-state index is 13.4. The first kappa shape index (κ1) is 29.1. The fourth-order valence-corrected chi connectivity index (χ4v) is 5.79. The molecule has 2 fully saturated rings. The summed E-state index contributed by atoms with van der Waals surface area (Å²) in [5.41, 5.74) is 3.02. The Labute approximate surface area is 243 Å². The average Bonchev–Trinajstić information content (AvgIpc) is 3.29. The minimum absolute atomic E-state index is 0.0504. The van der Waals surface area contributed by atoms with E-state index < -0.39 is 11.7 Å². The highest BCUT2D eigenvalue weighted by Crippen LogP contribution is 2.35. The van der Waals surface area contributed by atoms with Crippen molar-refractivity contribution in [3.8, 4) is 0 Å². The minimum atomic E-state index is -0.572. The van der Waals surface area contributed by atoms with Crippen LogP contribution in [0.2, 0.25) is 0 Å². The van der Waals surface area contributed by atoms with E-state index in [-0.39, 0.29) is 18.1 Å². The van der Waals surface area contributed by atoms with Gasteiger partial charge in [0.25, 0.3) is 5.91 Å². The van der Waals surface area contributed by atoms with Crippen molar-refractivity contribution in [2.24, 2.45) is 0 Å². The van der Waals surface area contributed by atoms with Gasteiger partial charge in [0, 0.05) is 36.9 Å². The number of amides is 2. The zero-order chi connectivity index (χ0) is 29.1. The lowest BCUT2D eigenvalue weighted by Crippen LogP contribution is -2.48. The van der Waals surface area contributed by atoms with Crippen LogP contribution in [-0.4, -0.2) is 70.9 Å². The number of alkyl carbamates (subject to hydrolysis) is 1. The van der Waals surface area contributed by atoms with E-state index in [9.17, 15) is 9.59 Å². The molecule has 0 bridgehead atoms. The highest BCUT2D eigenvalue weighted by molar-refractivity contribution is 5.98. The van der Waals surface area contributed by atoms with Gasteiger partial charge in [0.05, 0.1) is 19.3 Å². The van der Waals surface area contributed by atoms with Crippen LogP contribution in [0.3, 0.4) is 0 Å². The van der Waals surface area contributed by atoms with Gasteiger partial charge in [-0.2, -0.15) is 4.98 Å². The van der Waals surface area contributed by atoms with Crippen LogP contribution in [0.1, 0.15) is 94.3 Å². The Morgan fingerprint density at radius 2 is 1.85 bits per heavy atom. The quantitative estimate of drug-likeness (QED) is 0.463. The van der Waals surface area contributed by atoms with Gasteiger partial charge in [0.15, 0.2) is 0 Å². The van der Waals surface area contributed by atoms with Crippen LogP contribution < -0.4 is 15.5 Å². The molecule has 1 atom stereocenters. The van der Waals surface area contributed by atoms with Gasteiger partial charge < -0.3 is 29.9 Å². The van der Waals surface area contributed by atoms with Crippen molar-refractivity contribution in [1.82, 2.24) is 20.2 Å². The molecule has 1 saturated heterocycles. The minimum Gasteiger partial charge on any atom is -0.444 e. The number of ether oxygens (including phenoxy) is 2. The molecular formula is C31H44N6O4. The number of aromatic nitrogens is 2. The van der Waals surface area contributed by atoms with Gasteiger partial charge >= 0.3 is 6.09 Å². The monoisotopic (exact) mass is 564 g/mol. The summed E-state index contributed by atoms with van der Waals surface area (Å²) in [6.07, 6.45) is 5.73. The third-order valence-corrected chi connectivity index (χ3v) is 7.96. The van der Waals surface area contributed by atoms with E-state index in [2.05, 4.69) is 34.9 Å². The summed E-state index contributed by atoms with van der Waals surface area (Å²) < 4.78 is 11.3. The molecule has 2 N–H and O–H groups in total. The normalized spacial score (nSPS) is 19.9. The van der Waals surface area contributed by atoms with Gasteiger partial charge in [0.2, 0.25) is 5.95 Å². The van der Waals surface area contributed by atoms with Crippen molar-refractivity contribution in [2.75, 3.05) is 36.5 Å². The number of nitrogens with one attached hydrogen (secondary N) is 2. The van der Waals surface area contributed by atoms with Crippen molar-refractivity contribution >= 4 is 29.5 Å². The third kappa shape index (κ3) is 7.09. The Morgan fingerprint density at radius 1 is 1.12 bits per heavy atom. The molecule has 0 unspecified atom stereocenters. The summed E-state index contributed by atoms with van der Waals surface area (Å²) in [6, 6.07) is 8.71. The molecule has 2 aromatic rings. The second kappa shape index (κ2) is 12.2. The second-order valence-electron chi connectivity index (χ2n) is 12.6. The van der Waals surface area contributed by atoms with Gasteiger partial charge in [-0.3, -0.25) is 4.79 Å². The predicted octanol–water partition coefficient (Wildman–Crippen LogP) is 5.36. The summed E-state index contributed by atoms with van der Waals surface area (Å²) >= 11 is 0. The maximum atomic E-state index is 13.4. The molecule has 0 radical (unpaired) electrons. The molecule has 41 heavy (non-hydrogen) atoms. The van der Waals surface area contributed by atoms with Gasteiger partial charge in [0.1, 0.15) is 17.1 Å². The van der Waals surface area contributed by atoms with Crippen molar-refractivity contribution in [2.45, 2.75) is 96.9 Å². The van der Waals surface area contributed by atoms with Crippen LogP contribution in [0, 0.1) is 0 Å². The summed E-state index contributed by atoms with van der Waals surface area (Å²) in [4.78, 5) is 39.1. The molecule has 10 nitrogen and oxygen atoms in total. The first-order chi connectivity index (χ1) is 19.6. The Balaban J connectivity index is 1.35. The van der Waals surface area contributed by atoms with Crippen LogP contribution in [0.4, 0.5) is 22.2 Å². The molecule has 1 aliphatic carbocycles. The number of rotatable bonds is 7. The summed E-state index contributed by atoms with van der Waals surface area (Å²) in [5.74, 6) is 1.70. The van der Waals surface area contributed by atoms with Crippen molar-refractivity contribution in [3.63, 3.8) is 0 Å². The number of fused-ring (bicyclic) bond motifs is 1. The van der Waals surface area contributed by atoms with Gasteiger partial charge in [-0.05, 0) is 71.1 Å². The molecule has 1 aromatic heterocycles. The van der Waals surface area contributed by atoms with E-state index in [1.165, 1.54) is 37.7 Å². The van der Waals surface area contributed by atoms with Crippen LogP contribution in [0.15, 0.2) is 24.3 Å². The Hall–Kier alpha value is -3.40. The third-order valence-electron chi connectivity index (χ3n) is 7.96. The fraction of sp³-hybridized carbons (Fsp3) is 0.613. The molecule has 1 saturated carbocycles. The lowest BCUT2D eigenvalue weighted by Gasteiger charge is -2.33. The lowest BCUT2D eigenvalue weighted by molar-refractivity contribution is 0.0279. The zero-order valence-corrected chi connectivity index (χ0v) is 25.0. The smallest absolute Gasteiger partial charge is 0.407 e. The number of carbonyl (C=O) groups is 2. The van der Waals surface area contributed by atoms with Crippen LogP contribution in [-0.2, 0) is 16.0 Å². The van der Waals surface area contributed by atoms with Gasteiger partial charge in [-0.1, -0.05) is 31.4 Å². The SMILES string of the molecule is CC(C)N1Cc2c(Nc3ccc(C4CCCCC4)cc3)nc(N3CCO[C@H](CNC(=O)OC(C)(C)C)C3)nc2C1=O. The predicted molar refractivity (Wildman–Crippen MR) is 159 cm³/mol. The number of carbonyl (C=O) groups excluding carboxylic acids is 2. The van der Waals surface area contributed by atoms with Crippen molar-refractivity contribution in [3.05, 3.63) is 41.1 Å². The van der Waals surface area contributed by atoms with Crippen LogP contribution in [0.5, 0.6) is 0 Å². The number of hydrogen-bond donors (Lipinski definition) is 2. The van der Waals surface area contributed by atoms with E-state index in [0.717, 1.165) is 11.3 Å². The highest BCUT2D eigenvalue weighted by Gasteiger charge is 2.35. The first-order valence-electron chi connectivity index (χ1n) is 15.0. The zero-order valence-electron chi connectivity index (χ0n) is 25.0. The fourth-order valence-electron chi connectivity index (χ4n) is 5.79. The molecule has 3 aliphatic rings. The van der Waals surface area contributed by atoms with Gasteiger partial charge in [-0.15, -0.1) is 0 Å². The number of nitrogens with zero attached hydrogens (tertiary/aromatic N) is 4. The molecular weight excluding hydrogens is 520 g/mol. The Morgan fingerprint density at radius 3 is 2.54 bits per heavy atom. The molecule has 0 spiro atoms. The van der Waals surface area contributed by atoms with Crippen molar-refractivity contribution in [1.29, 1.82) is 0 Å². The van der Waals surface area contributed by atoms with E-state index in [1.807, 2.05) is 44.4 Å². The standard InChI is InChI=1S/C31H44N6O4/c1-20(2)37-19-25-26(28(37)38)34-29(36-15-16-40-24(18-36)17-32-30(39)41-31(3,4)5)35-27(25)33-23-13-11-22(12-14-23)21-9-7-6-8-10-21/h11-14,20-21,24H,6-10,15-19H2,1-5H3,(H,32,39)(H,33,34,35)/t24-/m1/s1. The van der Waals surface area contributed by atoms with E-state index in [0.29, 0.717) is 56.2 Å². The largest absolute Gasteiger partial charge is 0.444 e. The summed E-state index contributed by atoms with van der Waals surface area (Å²) in [6.45, 7) is 11.8. The second-order valence-corrected chi connectivity index (χ2v) is 12.6. The Bertz CT molecular complexity index is 1240. The first-order valence-corrected chi connectivity index (χ1v) is 15.0. The van der Waals surface area contributed by atoms with Crippen LogP contribution in [0.25, 0.3) is 0 Å². The number of anilines is 3. The summed E-state index contributed by atoms with van der Waals surface area (Å²) in [5, 5.41) is 6.30. The topological polar surface area (TPSA) is 109 Å². The van der Waals surface area contributed by atoms with E-state index >= 15 is 0 Å². The molecule has 2 amide bonds. The molecule has 222 valence electrons. The summed E-state index contributed by atoms with van der Waals surface area (Å²) in [7, 11) is 0. The molecule has 10 heteroatoms. The Kier molecular flexibility index (Phi) is 8.68. The lowest BCUT2D eigenvalue weighted by atomic mass is 9.84. The molecule has 5 rings (SSSR count). The highest BCUT2D eigenvalue weighted by atomic mass is 16.6.